The molecule has 0 aliphatic heterocycles. The molecule has 0 saturated heterocycles. The summed E-state index contributed by atoms with van der Waals surface area (Å²) in [5.41, 5.74) is 1.84. The van der Waals surface area contributed by atoms with E-state index in [0.29, 0.717) is 12.2 Å². The van der Waals surface area contributed by atoms with Crippen LogP contribution in [0.2, 0.25) is 0 Å². The monoisotopic (exact) mass is 301 g/mol. The highest BCUT2D eigenvalue weighted by Crippen LogP contribution is 2.13. The van der Waals surface area contributed by atoms with Crippen molar-refractivity contribution < 1.29 is 9.53 Å². The Morgan fingerprint density at radius 3 is 3.00 bits per heavy atom. The van der Waals surface area contributed by atoms with E-state index in [-0.39, 0.29) is 5.91 Å². The maximum absolute atomic E-state index is 12.1. The number of aromatic nitrogens is 2. The molecule has 22 heavy (non-hydrogen) atoms. The van der Waals surface area contributed by atoms with Crippen LogP contribution in [-0.2, 0) is 13.0 Å². The van der Waals surface area contributed by atoms with Gasteiger partial charge >= 0.3 is 0 Å². The van der Waals surface area contributed by atoms with Gasteiger partial charge in [-0.2, -0.15) is 5.10 Å². The molecule has 0 aliphatic rings. The van der Waals surface area contributed by atoms with Crippen molar-refractivity contribution in [3.05, 3.63) is 47.8 Å². The van der Waals surface area contributed by atoms with Gasteiger partial charge in [0.25, 0.3) is 5.91 Å². The molecule has 2 rings (SSSR count). The first-order chi connectivity index (χ1) is 10.7. The number of rotatable bonds is 8. The largest absolute Gasteiger partial charge is 0.497 e. The van der Waals surface area contributed by atoms with E-state index >= 15 is 0 Å². The molecule has 1 heterocycles. The number of carbonyl (C=O) groups excluding carboxylic acids is 1. The van der Waals surface area contributed by atoms with Crippen LogP contribution < -0.4 is 10.1 Å². The fourth-order valence-electron chi connectivity index (χ4n) is 2.33. The standard InChI is InChI=1S/C17H23N3O2/c1-3-12-20-16(9-11-19-20)17(21)18-10-5-7-14-6-4-8-15(13-14)22-2/h4,6,8-9,11,13H,3,5,7,10,12H2,1-2H3,(H,18,21). The lowest BCUT2D eigenvalue weighted by molar-refractivity contribution is 0.0942. The molecule has 5 nitrogen and oxygen atoms in total. The van der Waals surface area contributed by atoms with E-state index in [9.17, 15) is 4.79 Å². The van der Waals surface area contributed by atoms with E-state index in [1.54, 1.807) is 24.1 Å². The smallest absolute Gasteiger partial charge is 0.269 e. The molecule has 1 N–H and O–H groups in total. The number of aryl methyl sites for hydroxylation is 2. The quantitative estimate of drug-likeness (QED) is 0.763. The number of hydrogen-bond acceptors (Lipinski definition) is 3. The number of benzene rings is 1. The zero-order valence-corrected chi connectivity index (χ0v) is 13.2. The van der Waals surface area contributed by atoms with Gasteiger partial charge in [0.15, 0.2) is 0 Å². The molecule has 118 valence electrons. The number of ether oxygens (including phenoxy) is 1. The lowest BCUT2D eigenvalue weighted by atomic mass is 10.1. The normalized spacial score (nSPS) is 10.5. The first kappa shape index (κ1) is 16.1. The van der Waals surface area contributed by atoms with Gasteiger partial charge < -0.3 is 10.1 Å². The van der Waals surface area contributed by atoms with Crippen molar-refractivity contribution in [2.24, 2.45) is 0 Å². The number of methoxy groups -OCH3 is 1. The van der Waals surface area contributed by atoms with E-state index in [2.05, 4.69) is 23.4 Å². The summed E-state index contributed by atoms with van der Waals surface area (Å²) in [5, 5.41) is 7.12. The van der Waals surface area contributed by atoms with E-state index in [1.807, 2.05) is 18.2 Å². The number of nitrogens with zero attached hydrogens (tertiary/aromatic N) is 2. The summed E-state index contributed by atoms with van der Waals surface area (Å²) in [6.07, 6.45) is 4.42. The Labute approximate surface area is 131 Å². The van der Waals surface area contributed by atoms with E-state index in [4.69, 9.17) is 4.74 Å². The molecule has 0 bridgehead atoms. The van der Waals surface area contributed by atoms with Crippen molar-refractivity contribution in [3.8, 4) is 5.75 Å². The minimum Gasteiger partial charge on any atom is -0.497 e. The third-order valence-corrected chi connectivity index (χ3v) is 3.45. The third kappa shape index (κ3) is 4.35. The fourth-order valence-corrected chi connectivity index (χ4v) is 2.33. The maximum Gasteiger partial charge on any atom is 0.269 e. The Bertz CT molecular complexity index is 607. The molecule has 0 radical (unpaired) electrons. The van der Waals surface area contributed by atoms with Gasteiger partial charge in [0, 0.05) is 19.3 Å². The number of amides is 1. The lowest BCUT2D eigenvalue weighted by Crippen LogP contribution is -2.27. The van der Waals surface area contributed by atoms with Crippen molar-refractivity contribution in [3.63, 3.8) is 0 Å². The van der Waals surface area contributed by atoms with Crippen LogP contribution in [0.25, 0.3) is 0 Å². The summed E-state index contributed by atoms with van der Waals surface area (Å²) >= 11 is 0. The molecule has 2 aromatic rings. The number of nitrogens with one attached hydrogen (secondary N) is 1. The van der Waals surface area contributed by atoms with Crippen LogP contribution in [0.1, 0.15) is 35.8 Å². The third-order valence-electron chi connectivity index (χ3n) is 3.45. The van der Waals surface area contributed by atoms with Crippen LogP contribution >= 0.6 is 0 Å². The number of hydrogen-bond donors (Lipinski definition) is 1. The zero-order valence-electron chi connectivity index (χ0n) is 13.2. The Hall–Kier alpha value is -2.30. The topological polar surface area (TPSA) is 56.2 Å². The Morgan fingerprint density at radius 1 is 1.36 bits per heavy atom. The average molecular weight is 301 g/mol. The Morgan fingerprint density at radius 2 is 2.23 bits per heavy atom. The molecule has 0 unspecified atom stereocenters. The summed E-state index contributed by atoms with van der Waals surface area (Å²) < 4.78 is 6.95. The molecule has 5 heteroatoms. The molecule has 0 aliphatic carbocycles. The van der Waals surface area contributed by atoms with Crippen LogP contribution in [0.4, 0.5) is 0 Å². The van der Waals surface area contributed by atoms with Gasteiger partial charge in [-0.3, -0.25) is 9.48 Å². The SMILES string of the molecule is CCCn1nccc1C(=O)NCCCc1cccc(OC)c1. The first-order valence-corrected chi connectivity index (χ1v) is 7.67. The summed E-state index contributed by atoms with van der Waals surface area (Å²) in [4.78, 5) is 12.1. The highest BCUT2D eigenvalue weighted by molar-refractivity contribution is 5.92. The van der Waals surface area contributed by atoms with Gasteiger partial charge in [-0.1, -0.05) is 19.1 Å². The van der Waals surface area contributed by atoms with Gasteiger partial charge in [-0.25, -0.2) is 0 Å². The van der Waals surface area contributed by atoms with Gasteiger partial charge in [0.2, 0.25) is 0 Å². The van der Waals surface area contributed by atoms with Crippen molar-refractivity contribution >= 4 is 5.91 Å². The molecule has 1 aromatic carbocycles. The minimum absolute atomic E-state index is 0.0587. The second kappa shape index (κ2) is 8.22. The van der Waals surface area contributed by atoms with Crippen LogP contribution in [0.3, 0.4) is 0 Å². The molecule has 1 aromatic heterocycles. The van der Waals surface area contributed by atoms with Crippen molar-refractivity contribution in [1.82, 2.24) is 15.1 Å². The molecular weight excluding hydrogens is 278 g/mol. The van der Waals surface area contributed by atoms with Gasteiger partial charge in [-0.15, -0.1) is 0 Å². The van der Waals surface area contributed by atoms with Gasteiger partial charge in [-0.05, 0) is 43.0 Å². The second-order valence-electron chi connectivity index (χ2n) is 5.15. The van der Waals surface area contributed by atoms with Crippen LogP contribution in [0.15, 0.2) is 36.5 Å². The van der Waals surface area contributed by atoms with Crippen LogP contribution in [0, 0.1) is 0 Å². The predicted molar refractivity (Wildman–Crippen MR) is 86.2 cm³/mol. The minimum atomic E-state index is -0.0587. The lowest BCUT2D eigenvalue weighted by Gasteiger charge is -2.08. The Balaban J connectivity index is 1.78. The summed E-state index contributed by atoms with van der Waals surface area (Å²) in [6, 6.07) is 9.77. The molecule has 0 atom stereocenters. The molecule has 1 amide bonds. The first-order valence-electron chi connectivity index (χ1n) is 7.67. The number of carbonyl (C=O) groups is 1. The summed E-state index contributed by atoms with van der Waals surface area (Å²) in [5.74, 6) is 0.807. The summed E-state index contributed by atoms with van der Waals surface area (Å²) in [7, 11) is 1.67. The van der Waals surface area contributed by atoms with Crippen LogP contribution in [0.5, 0.6) is 5.75 Å². The predicted octanol–water partition coefficient (Wildman–Crippen LogP) is 2.66. The van der Waals surface area contributed by atoms with Crippen molar-refractivity contribution in [2.75, 3.05) is 13.7 Å². The fraction of sp³-hybridized carbons (Fsp3) is 0.412. The van der Waals surface area contributed by atoms with Gasteiger partial charge in [0.1, 0.15) is 11.4 Å². The highest BCUT2D eigenvalue weighted by Gasteiger charge is 2.10. The zero-order chi connectivity index (χ0) is 15.8. The maximum atomic E-state index is 12.1. The van der Waals surface area contributed by atoms with Crippen molar-refractivity contribution in [2.45, 2.75) is 32.7 Å². The van der Waals surface area contributed by atoms with E-state index < -0.39 is 0 Å². The molecule has 0 saturated carbocycles. The molecule has 0 spiro atoms. The highest BCUT2D eigenvalue weighted by atomic mass is 16.5. The van der Waals surface area contributed by atoms with Crippen molar-refractivity contribution in [1.29, 1.82) is 0 Å². The molecular formula is C17H23N3O2. The summed E-state index contributed by atoms with van der Waals surface area (Å²) in [6.45, 7) is 3.48. The van der Waals surface area contributed by atoms with E-state index in [0.717, 1.165) is 31.6 Å². The van der Waals surface area contributed by atoms with Gasteiger partial charge in [0.05, 0.1) is 7.11 Å². The second-order valence-corrected chi connectivity index (χ2v) is 5.15. The Kier molecular flexibility index (Phi) is 6.01. The average Bonchev–Trinajstić information content (AvgIpc) is 3.00. The molecule has 0 fully saturated rings. The van der Waals surface area contributed by atoms with Crippen LogP contribution in [-0.4, -0.2) is 29.3 Å². The van der Waals surface area contributed by atoms with E-state index in [1.165, 1.54) is 5.56 Å².